The van der Waals surface area contributed by atoms with Gasteiger partial charge < -0.3 is 14.6 Å². The standard InChI is InChI=1S/C17H19N3O3S/c21-15(19-17-18-5-8-24-17)11-3-1-6-20(10-11)16(22)13-9-12(13)14-4-2-7-23-14/h2,4-5,7-8,11-13H,1,3,6,9-10H2,(H,18,19,21)/t11-,12+,13-/m1/s1. The van der Waals surface area contributed by atoms with Crippen molar-refractivity contribution in [1.29, 1.82) is 0 Å². The number of furan rings is 1. The Morgan fingerprint density at radius 2 is 2.33 bits per heavy atom. The minimum atomic E-state index is -0.160. The number of aromatic nitrogens is 1. The number of carbonyl (C=O) groups is 2. The van der Waals surface area contributed by atoms with Crippen molar-refractivity contribution in [2.24, 2.45) is 11.8 Å². The fourth-order valence-corrected chi connectivity index (χ4v) is 3.93. The van der Waals surface area contributed by atoms with Gasteiger partial charge in [0.2, 0.25) is 11.8 Å². The van der Waals surface area contributed by atoms with Crippen LogP contribution >= 0.6 is 11.3 Å². The van der Waals surface area contributed by atoms with E-state index in [9.17, 15) is 9.59 Å². The molecule has 126 valence electrons. The Morgan fingerprint density at radius 1 is 1.42 bits per heavy atom. The first-order valence-electron chi connectivity index (χ1n) is 8.25. The smallest absolute Gasteiger partial charge is 0.231 e. The molecule has 0 spiro atoms. The predicted molar refractivity (Wildman–Crippen MR) is 89.6 cm³/mol. The Labute approximate surface area is 143 Å². The first-order chi connectivity index (χ1) is 11.7. The van der Waals surface area contributed by atoms with Crippen molar-refractivity contribution in [3.63, 3.8) is 0 Å². The third-order valence-corrected chi connectivity index (χ3v) is 5.47. The van der Waals surface area contributed by atoms with Gasteiger partial charge in [-0.3, -0.25) is 9.59 Å². The summed E-state index contributed by atoms with van der Waals surface area (Å²) in [6, 6.07) is 3.79. The molecule has 2 amide bonds. The zero-order chi connectivity index (χ0) is 16.5. The lowest BCUT2D eigenvalue weighted by Crippen LogP contribution is -2.44. The zero-order valence-electron chi connectivity index (χ0n) is 13.2. The maximum Gasteiger partial charge on any atom is 0.231 e. The van der Waals surface area contributed by atoms with Gasteiger partial charge in [-0.1, -0.05) is 0 Å². The first-order valence-corrected chi connectivity index (χ1v) is 9.13. The molecule has 1 saturated heterocycles. The number of anilines is 1. The van der Waals surface area contributed by atoms with Crippen LogP contribution in [0.2, 0.25) is 0 Å². The number of nitrogens with one attached hydrogen (secondary N) is 1. The molecular formula is C17H19N3O3S. The Morgan fingerprint density at radius 3 is 3.08 bits per heavy atom. The lowest BCUT2D eigenvalue weighted by Gasteiger charge is -2.32. The molecular weight excluding hydrogens is 326 g/mol. The fraction of sp³-hybridized carbons (Fsp3) is 0.471. The lowest BCUT2D eigenvalue weighted by atomic mass is 9.96. The molecule has 1 aliphatic heterocycles. The van der Waals surface area contributed by atoms with E-state index in [2.05, 4.69) is 10.3 Å². The number of thiazole rings is 1. The quantitative estimate of drug-likeness (QED) is 0.924. The minimum Gasteiger partial charge on any atom is -0.469 e. The van der Waals surface area contributed by atoms with E-state index in [-0.39, 0.29) is 29.6 Å². The van der Waals surface area contributed by atoms with Crippen LogP contribution in [0, 0.1) is 11.8 Å². The monoisotopic (exact) mass is 345 g/mol. The third kappa shape index (κ3) is 3.08. The summed E-state index contributed by atoms with van der Waals surface area (Å²) in [7, 11) is 0. The van der Waals surface area contributed by atoms with Crippen LogP contribution in [0.25, 0.3) is 0 Å². The summed E-state index contributed by atoms with van der Waals surface area (Å²) in [5.74, 6) is 1.06. The average molecular weight is 345 g/mol. The average Bonchev–Trinajstić information content (AvgIpc) is 3.01. The van der Waals surface area contributed by atoms with Gasteiger partial charge in [-0.25, -0.2) is 4.98 Å². The van der Waals surface area contributed by atoms with E-state index in [1.54, 1.807) is 12.5 Å². The summed E-state index contributed by atoms with van der Waals surface area (Å²) in [6.45, 7) is 1.23. The number of rotatable bonds is 4. The predicted octanol–water partition coefficient (Wildman–Crippen LogP) is 2.72. The molecule has 1 aliphatic carbocycles. The first kappa shape index (κ1) is 15.4. The molecule has 3 heterocycles. The van der Waals surface area contributed by atoms with Crippen LogP contribution in [0.1, 0.15) is 30.9 Å². The second-order valence-corrected chi connectivity index (χ2v) is 7.31. The second-order valence-electron chi connectivity index (χ2n) is 6.41. The number of likely N-dealkylation sites (tertiary alicyclic amines) is 1. The highest BCUT2D eigenvalue weighted by Crippen LogP contribution is 2.48. The number of hydrogen-bond acceptors (Lipinski definition) is 5. The molecule has 2 aromatic heterocycles. The van der Waals surface area contributed by atoms with Crippen LogP contribution in [-0.2, 0) is 9.59 Å². The lowest BCUT2D eigenvalue weighted by molar-refractivity contribution is -0.136. The molecule has 1 N–H and O–H groups in total. The van der Waals surface area contributed by atoms with E-state index in [0.717, 1.165) is 31.6 Å². The maximum absolute atomic E-state index is 12.7. The molecule has 2 aliphatic rings. The number of carbonyl (C=O) groups excluding carboxylic acids is 2. The summed E-state index contributed by atoms with van der Waals surface area (Å²) in [4.78, 5) is 31.0. The van der Waals surface area contributed by atoms with Crippen LogP contribution in [0.15, 0.2) is 34.4 Å². The molecule has 7 heteroatoms. The van der Waals surface area contributed by atoms with Gasteiger partial charge in [0, 0.05) is 36.5 Å². The van der Waals surface area contributed by atoms with Crippen LogP contribution in [0.3, 0.4) is 0 Å². The van der Waals surface area contributed by atoms with Crippen LogP contribution in [0.4, 0.5) is 5.13 Å². The molecule has 0 bridgehead atoms. The molecule has 4 rings (SSSR count). The van der Waals surface area contributed by atoms with Crippen molar-refractivity contribution in [3.05, 3.63) is 35.7 Å². The summed E-state index contributed by atoms with van der Waals surface area (Å²) in [6.07, 6.45) is 5.83. The Kier molecular flexibility index (Phi) is 4.10. The maximum atomic E-state index is 12.7. The summed E-state index contributed by atoms with van der Waals surface area (Å²) < 4.78 is 5.40. The highest BCUT2D eigenvalue weighted by atomic mass is 32.1. The third-order valence-electron chi connectivity index (χ3n) is 4.78. The number of hydrogen-bond donors (Lipinski definition) is 1. The number of nitrogens with zero attached hydrogens (tertiary/aromatic N) is 2. The highest BCUT2D eigenvalue weighted by molar-refractivity contribution is 7.13. The fourth-order valence-electron chi connectivity index (χ4n) is 3.40. The van der Waals surface area contributed by atoms with E-state index in [4.69, 9.17) is 4.42 Å². The Hall–Kier alpha value is -2.15. The van der Waals surface area contributed by atoms with Gasteiger partial charge in [0.05, 0.1) is 12.2 Å². The van der Waals surface area contributed by atoms with Crippen LogP contribution in [-0.4, -0.2) is 34.8 Å². The molecule has 6 nitrogen and oxygen atoms in total. The largest absolute Gasteiger partial charge is 0.469 e. The van der Waals surface area contributed by atoms with E-state index in [1.807, 2.05) is 22.4 Å². The molecule has 0 aromatic carbocycles. The molecule has 3 atom stereocenters. The van der Waals surface area contributed by atoms with Crippen molar-refractivity contribution in [3.8, 4) is 0 Å². The van der Waals surface area contributed by atoms with Gasteiger partial charge in [-0.2, -0.15) is 0 Å². The van der Waals surface area contributed by atoms with Gasteiger partial charge in [0.15, 0.2) is 5.13 Å². The van der Waals surface area contributed by atoms with Crippen molar-refractivity contribution in [2.45, 2.75) is 25.2 Å². The molecule has 0 radical (unpaired) electrons. The number of piperidine rings is 1. The highest BCUT2D eigenvalue weighted by Gasteiger charge is 2.48. The molecule has 1 saturated carbocycles. The molecule has 24 heavy (non-hydrogen) atoms. The van der Waals surface area contributed by atoms with E-state index < -0.39 is 0 Å². The van der Waals surface area contributed by atoms with Crippen LogP contribution < -0.4 is 5.32 Å². The second kappa shape index (κ2) is 6.39. The summed E-state index contributed by atoms with van der Waals surface area (Å²) in [5, 5.41) is 5.28. The molecule has 2 fully saturated rings. The summed E-state index contributed by atoms with van der Waals surface area (Å²) >= 11 is 1.40. The van der Waals surface area contributed by atoms with Gasteiger partial charge in [0.1, 0.15) is 5.76 Å². The van der Waals surface area contributed by atoms with Crippen LogP contribution in [0.5, 0.6) is 0 Å². The van der Waals surface area contributed by atoms with E-state index in [0.29, 0.717) is 11.7 Å². The Bertz CT molecular complexity index is 714. The summed E-state index contributed by atoms with van der Waals surface area (Å²) in [5.41, 5.74) is 0. The molecule has 0 unspecified atom stereocenters. The number of amides is 2. The van der Waals surface area contributed by atoms with Gasteiger partial charge in [-0.05, 0) is 31.4 Å². The van der Waals surface area contributed by atoms with Gasteiger partial charge >= 0.3 is 0 Å². The van der Waals surface area contributed by atoms with Crippen molar-refractivity contribution >= 4 is 28.3 Å². The zero-order valence-corrected chi connectivity index (χ0v) is 14.0. The van der Waals surface area contributed by atoms with E-state index >= 15 is 0 Å². The van der Waals surface area contributed by atoms with Crippen molar-refractivity contribution in [1.82, 2.24) is 9.88 Å². The SMILES string of the molecule is O=C(Nc1nccs1)[C@@H]1CCCN(C(=O)[C@@H]2C[C@@H]2c2ccco2)C1. The van der Waals surface area contributed by atoms with Crippen molar-refractivity contribution < 1.29 is 14.0 Å². The molecule has 2 aromatic rings. The van der Waals surface area contributed by atoms with Crippen molar-refractivity contribution in [2.75, 3.05) is 18.4 Å². The normalized spacial score (nSPS) is 26.2. The Balaban J connectivity index is 1.35. The van der Waals surface area contributed by atoms with Gasteiger partial charge in [-0.15, -0.1) is 11.3 Å². The minimum absolute atomic E-state index is 0.0110. The van der Waals surface area contributed by atoms with E-state index in [1.165, 1.54) is 11.3 Å². The van der Waals surface area contributed by atoms with Gasteiger partial charge in [0.25, 0.3) is 0 Å². The topological polar surface area (TPSA) is 75.4 Å².